The average molecular weight is 368 g/mol. The molecular formula is C22H19F3N2. The second-order valence-electron chi connectivity index (χ2n) is 7.02. The molecule has 0 spiro atoms. The molecule has 0 radical (unpaired) electrons. The van der Waals surface area contributed by atoms with E-state index in [2.05, 4.69) is 10.3 Å². The van der Waals surface area contributed by atoms with Crippen LogP contribution < -0.4 is 5.32 Å². The van der Waals surface area contributed by atoms with Crippen molar-refractivity contribution in [2.45, 2.75) is 32.2 Å². The Morgan fingerprint density at radius 3 is 2.48 bits per heavy atom. The molecule has 1 N–H and O–H groups in total. The fraction of sp³-hybridized carbons (Fsp3) is 0.227. The van der Waals surface area contributed by atoms with Crippen LogP contribution in [0.1, 0.15) is 22.3 Å². The first-order valence-corrected chi connectivity index (χ1v) is 8.85. The third-order valence-corrected chi connectivity index (χ3v) is 4.94. The third-order valence-electron chi connectivity index (χ3n) is 4.94. The number of hydrogen-bond acceptors (Lipinski definition) is 2. The van der Waals surface area contributed by atoms with Crippen molar-refractivity contribution in [2.75, 3.05) is 5.32 Å². The number of aromatic nitrogens is 1. The minimum atomic E-state index is -2.65. The molecule has 0 aliphatic heterocycles. The van der Waals surface area contributed by atoms with E-state index in [1.54, 1.807) is 24.4 Å². The predicted molar refractivity (Wildman–Crippen MR) is 100 cm³/mol. The Bertz CT molecular complexity index is 981. The Morgan fingerprint density at radius 1 is 1.04 bits per heavy atom. The molecule has 0 fully saturated rings. The summed E-state index contributed by atoms with van der Waals surface area (Å²) in [5, 5.41) is 3.10. The molecule has 1 heterocycles. The third kappa shape index (κ3) is 3.68. The Morgan fingerprint density at radius 2 is 1.78 bits per heavy atom. The summed E-state index contributed by atoms with van der Waals surface area (Å²) in [5.74, 6) is -2.27. The topological polar surface area (TPSA) is 24.9 Å². The monoisotopic (exact) mass is 368 g/mol. The first-order chi connectivity index (χ1) is 12.9. The van der Waals surface area contributed by atoms with E-state index in [1.807, 2.05) is 31.2 Å². The molecule has 2 nitrogen and oxygen atoms in total. The van der Waals surface area contributed by atoms with Crippen LogP contribution in [0.3, 0.4) is 0 Å². The van der Waals surface area contributed by atoms with Gasteiger partial charge in [-0.3, -0.25) is 0 Å². The Labute approximate surface area is 156 Å². The van der Waals surface area contributed by atoms with E-state index in [4.69, 9.17) is 0 Å². The number of hydrogen-bond donors (Lipinski definition) is 1. The summed E-state index contributed by atoms with van der Waals surface area (Å²) >= 11 is 0. The number of halogens is 3. The summed E-state index contributed by atoms with van der Waals surface area (Å²) < 4.78 is 41.0. The molecule has 27 heavy (non-hydrogen) atoms. The molecule has 3 aromatic rings. The zero-order valence-electron chi connectivity index (χ0n) is 14.9. The highest BCUT2D eigenvalue weighted by molar-refractivity contribution is 5.69. The van der Waals surface area contributed by atoms with E-state index in [0.29, 0.717) is 23.5 Å². The number of benzene rings is 2. The minimum absolute atomic E-state index is 0.180. The fourth-order valence-electron chi connectivity index (χ4n) is 3.56. The van der Waals surface area contributed by atoms with Gasteiger partial charge >= 0.3 is 0 Å². The lowest BCUT2D eigenvalue weighted by Gasteiger charge is -2.11. The highest BCUT2D eigenvalue weighted by atomic mass is 19.3. The predicted octanol–water partition coefficient (Wildman–Crippen LogP) is 5.54. The lowest BCUT2D eigenvalue weighted by atomic mass is 9.96. The maximum Gasteiger partial charge on any atom is 0.256 e. The number of nitrogens with zero attached hydrogens (tertiary/aromatic N) is 1. The van der Waals surface area contributed by atoms with Gasteiger partial charge in [0.15, 0.2) is 0 Å². The molecule has 0 saturated carbocycles. The van der Waals surface area contributed by atoms with Crippen LogP contribution in [-0.2, 0) is 19.4 Å². The minimum Gasteiger partial charge on any atom is -0.366 e. The van der Waals surface area contributed by atoms with Gasteiger partial charge in [-0.05, 0) is 47.4 Å². The van der Waals surface area contributed by atoms with Gasteiger partial charge in [-0.2, -0.15) is 0 Å². The normalized spacial score (nSPS) is 14.8. The number of pyridine rings is 1. The summed E-state index contributed by atoms with van der Waals surface area (Å²) in [6, 6.07) is 14.0. The van der Waals surface area contributed by atoms with Gasteiger partial charge in [0.25, 0.3) is 5.92 Å². The highest BCUT2D eigenvalue weighted by Crippen LogP contribution is 2.38. The molecule has 138 valence electrons. The van der Waals surface area contributed by atoms with Crippen LogP contribution in [-0.4, -0.2) is 10.9 Å². The molecule has 1 aliphatic rings. The van der Waals surface area contributed by atoms with Crippen molar-refractivity contribution in [3.05, 3.63) is 82.8 Å². The van der Waals surface area contributed by atoms with Gasteiger partial charge in [0.1, 0.15) is 11.6 Å². The molecular weight excluding hydrogens is 349 g/mol. The van der Waals surface area contributed by atoms with Gasteiger partial charge in [0, 0.05) is 36.7 Å². The van der Waals surface area contributed by atoms with Crippen molar-refractivity contribution < 1.29 is 13.2 Å². The second-order valence-corrected chi connectivity index (χ2v) is 7.02. The van der Waals surface area contributed by atoms with Gasteiger partial charge in [-0.15, -0.1) is 0 Å². The number of fused-ring (bicyclic) bond motifs is 1. The molecule has 4 rings (SSSR count). The second kappa shape index (κ2) is 6.72. The maximum absolute atomic E-state index is 13.7. The Kier molecular flexibility index (Phi) is 4.38. The zero-order chi connectivity index (χ0) is 19.0. The quantitative estimate of drug-likeness (QED) is 0.654. The van der Waals surface area contributed by atoms with Crippen LogP contribution in [0.4, 0.5) is 19.0 Å². The molecule has 5 heteroatoms. The number of aryl methyl sites for hydroxylation is 1. The summed E-state index contributed by atoms with van der Waals surface area (Å²) in [4.78, 5) is 4.38. The molecule has 0 unspecified atom stereocenters. The van der Waals surface area contributed by atoms with Crippen LogP contribution in [0.25, 0.3) is 11.1 Å². The van der Waals surface area contributed by atoms with E-state index in [-0.39, 0.29) is 18.7 Å². The smallest absolute Gasteiger partial charge is 0.256 e. The van der Waals surface area contributed by atoms with Crippen molar-refractivity contribution in [3.8, 4) is 11.1 Å². The largest absolute Gasteiger partial charge is 0.366 e. The van der Waals surface area contributed by atoms with Crippen LogP contribution in [0.5, 0.6) is 0 Å². The maximum atomic E-state index is 13.7. The van der Waals surface area contributed by atoms with E-state index in [1.165, 1.54) is 6.07 Å². The molecule has 1 aromatic heterocycles. The average Bonchev–Trinajstić information content (AvgIpc) is 2.93. The SMILES string of the molecule is Cc1cc2c(cc1-c1ccc(NCc3ccccc3F)nc1)CC(F)(F)C2. The molecule has 0 amide bonds. The van der Waals surface area contributed by atoms with Crippen molar-refractivity contribution >= 4 is 5.82 Å². The lowest BCUT2D eigenvalue weighted by Crippen LogP contribution is -2.14. The van der Waals surface area contributed by atoms with Crippen LogP contribution in [0, 0.1) is 12.7 Å². The van der Waals surface area contributed by atoms with E-state index < -0.39 is 5.92 Å². The molecule has 1 aliphatic carbocycles. The Balaban J connectivity index is 1.52. The van der Waals surface area contributed by atoms with E-state index in [0.717, 1.165) is 22.3 Å². The van der Waals surface area contributed by atoms with Crippen molar-refractivity contribution in [1.29, 1.82) is 0 Å². The van der Waals surface area contributed by atoms with Crippen LogP contribution in [0.15, 0.2) is 54.7 Å². The summed E-state index contributed by atoms with van der Waals surface area (Å²) in [6.45, 7) is 2.27. The van der Waals surface area contributed by atoms with E-state index in [9.17, 15) is 13.2 Å². The van der Waals surface area contributed by atoms with E-state index >= 15 is 0 Å². The molecule has 0 saturated heterocycles. The lowest BCUT2D eigenvalue weighted by molar-refractivity contribution is 0.0130. The van der Waals surface area contributed by atoms with Crippen LogP contribution in [0.2, 0.25) is 0 Å². The molecule has 2 aromatic carbocycles. The first kappa shape index (κ1) is 17.6. The van der Waals surface area contributed by atoms with Crippen molar-refractivity contribution in [3.63, 3.8) is 0 Å². The zero-order valence-corrected chi connectivity index (χ0v) is 14.9. The molecule has 0 bridgehead atoms. The summed E-state index contributed by atoms with van der Waals surface area (Å²) in [7, 11) is 0. The van der Waals surface area contributed by atoms with Crippen LogP contribution >= 0.6 is 0 Å². The first-order valence-electron chi connectivity index (χ1n) is 8.85. The number of anilines is 1. The number of nitrogens with one attached hydrogen (secondary N) is 1. The number of alkyl halides is 2. The van der Waals surface area contributed by atoms with Gasteiger partial charge in [0.05, 0.1) is 0 Å². The summed E-state index contributed by atoms with van der Waals surface area (Å²) in [6.07, 6.45) is 1.33. The highest BCUT2D eigenvalue weighted by Gasteiger charge is 2.37. The van der Waals surface area contributed by atoms with Crippen molar-refractivity contribution in [1.82, 2.24) is 4.98 Å². The van der Waals surface area contributed by atoms with Gasteiger partial charge < -0.3 is 5.32 Å². The standard InChI is InChI=1S/C22H19F3N2/c1-14-8-17-10-22(24,25)11-18(17)9-19(14)15-6-7-21(26-12-15)27-13-16-4-2-3-5-20(16)23/h2-9,12H,10-11,13H2,1H3,(H,26,27). The van der Waals surface area contributed by atoms with Gasteiger partial charge in [0.2, 0.25) is 0 Å². The Hall–Kier alpha value is -2.82. The molecule has 0 atom stereocenters. The van der Waals surface area contributed by atoms with Crippen molar-refractivity contribution in [2.24, 2.45) is 0 Å². The summed E-state index contributed by atoms with van der Waals surface area (Å²) in [5.41, 5.74) is 4.76. The van der Waals surface area contributed by atoms with Gasteiger partial charge in [-0.1, -0.05) is 30.3 Å². The van der Waals surface area contributed by atoms with Gasteiger partial charge in [-0.25, -0.2) is 18.2 Å². The number of rotatable bonds is 4. The fourth-order valence-corrected chi connectivity index (χ4v) is 3.56.